The van der Waals surface area contributed by atoms with Gasteiger partial charge in [0.15, 0.2) is 6.10 Å². The van der Waals surface area contributed by atoms with Gasteiger partial charge in [0.05, 0.1) is 7.11 Å². The monoisotopic (exact) mass is 361 g/mol. The van der Waals surface area contributed by atoms with Gasteiger partial charge in [-0.1, -0.05) is 36.7 Å². The Morgan fingerprint density at radius 1 is 1.16 bits per heavy atom. The molecular formula is C20H24ClNO3. The zero-order valence-electron chi connectivity index (χ0n) is 14.6. The summed E-state index contributed by atoms with van der Waals surface area (Å²) in [5.74, 6) is 1.24. The number of nitrogens with one attached hydrogen (secondary N) is 1. The maximum atomic E-state index is 12.3. The summed E-state index contributed by atoms with van der Waals surface area (Å²) < 4.78 is 11.0. The van der Waals surface area contributed by atoms with Gasteiger partial charge in [-0.15, -0.1) is 0 Å². The molecule has 0 unspecified atom stereocenters. The molecule has 0 aliphatic heterocycles. The molecule has 25 heavy (non-hydrogen) atoms. The van der Waals surface area contributed by atoms with Gasteiger partial charge in [-0.25, -0.2) is 0 Å². The highest BCUT2D eigenvalue weighted by Gasteiger charge is 2.18. The van der Waals surface area contributed by atoms with Gasteiger partial charge in [0.25, 0.3) is 5.91 Å². The third kappa shape index (κ3) is 6.31. The van der Waals surface area contributed by atoms with Crippen LogP contribution in [0.4, 0.5) is 0 Å². The van der Waals surface area contributed by atoms with E-state index in [-0.39, 0.29) is 5.91 Å². The van der Waals surface area contributed by atoms with Crippen molar-refractivity contribution in [3.8, 4) is 11.5 Å². The largest absolute Gasteiger partial charge is 0.497 e. The molecule has 0 aliphatic carbocycles. The lowest BCUT2D eigenvalue weighted by molar-refractivity contribution is -0.128. The molecule has 4 nitrogen and oxygen atoms in total. The van der Waals surface area contributed by atoms with Gasteiger partial charge in [-0.05, 0) is 49.1 Å². The first-order chi connectivity index (χ1) is 12.1. The van der Waals surface area contributed by atoms with Crippen LogP contribution in [0.1, 0.15) is 25.3 Å². The van der Waals surface area contributed by atoms with Gasteiger partial charge < -0.3 is 14.8 Å². The Morgan fingerprint density at radius 2 is 1.88 bits per heavy atom. The van der Waals surface area contributed by atoms with Gasteiger partial charge in [0.2, 0.25) is 0 Å². The number of benzene rings is 2. The average molecular weight is 362 g/mol. The first kappa shape index (κ1) is 19.1. The van der Waals surface area contributed by atoms with Gasteiger partial charge in [-0.2, -0.15) is 0 Å². The number of ether oxygens (including phenoxy) is 2. The van der Waals surface area contributed by atoms with Crippen molar-refractivity contribution in [1.29, 1.82) is 0 Å². The predicted octanol–water partition coefficient (Wildman–Crippen LogP) is 4.26. The van der Waals surface area contributed by atoms with Crippen molar-refractivity contribution >= 4 is 17.5 Å². The predicted molar refractivity (Wildman–Crippen MR) is 100 cm³/mol. The molecule has 2 aromatic carbocycles. The number of methoxy groups -OCH3 is 1. The van der Waals surface area contributed by atoms with Crippen LogP contribution >= 0.6 is 11.6 Å². The summed E-state index contributed by atoms with van der Waals surface area (Å²) in [6.45, 7) is 2.54. The second kappa shape index (κ2) is 9.94. The molecule has 0 saturated heterocycles. The smallest absolute Gasteiger partial charge is 0.261 e. The summed E-state index contributed by atoms with van der Waals surface area (Å²) >= 11 is 5.87. The van der Waals surface area contributed by atoms with Crippen LogP contribution in [0.25, 0.3) is 0 Å². The molecule has 0 bridgehead atoms. The molecule has 0 heterocycles. The minimum Gasteiger partial charge on any atom is -0.497 e. The Bertz CT molecular complexity index is 673. The summed E-state index contributed by atoms with van der Waals surface area (Å²) in [6, 6.07) is 15.0. The van der Waals surface area contributed by atoms with E-state index < -0.39 is 6.10 Å². The van der Waals surface area contributed by atoms with Crippen molar-refractivity contribution in [3.05, 3.63) is 59.1 Å². The normalized spacial score (nSPS) is 11.6. The zero-order valence-corrected chi connectivity index (χ0v) is 15.4. The minimum absolute atomic E-state index is 0.0959. The first-order valence-electron chi connectivity index (χ1n) is 8.45. The van der Waals surface area contributed by atoms with E-state index in [4.69, 9.17) is 21.1 Å². The van der Waals surface area contributed by atoms with E-state index in [1.54, 1.807) is 13.2 Å². The Balaban J connectivity index is 1.78. The summed E-state index contributed by atoms with van der Waals surface area (Å²) in [5.41, 5.74) is 1.21. The highest BCUT2D eigenvalue weighted by Crippen LogP contribution is 2.20. The van der Waals surface area contributed by atoms with Crippen molar-refractivity contribution in [2.24, 2.45) is 0 Å². The fourth-order valence-electron chi connectivity index (χ4n) is 2.43. The summed E-state index contributed by atoms with van der Waals surface area (Å²) in [5, 5.41) is 3.68. The van der Waals surface area contributed by atoms with Crippen molar-refractivity contribution < 1.29 is 14.3 Å². The van der Waals surface area contributed by atoms with E-state index in [1.165, 1.54) is 5.56 Å². The SMILES string of the molecule is CC[C@H](Oc1cccc(OC)c1)C(=O)NCCCc1ccc(Cl)cc1. The van der Waals surface area contributed by atoms with E-state index >= 15 is 0 Å². The average Bonchev–Trinajstić information content (AvgIpc) is 2.64. The lowest BCUT2D eigenvalue weighted by Gasteiger charge is -2.17. The molecule has 5 heteroatoms. The highest BCUT2D eigenvalue weighted by molar-refractivity contribution is 6.30. The number of rotatable bonds is 9. The van der Waals surface area contributed by atoms with Crippen LogP contribution in [0.3, 0.4) is 0 Å². The van der Waals surface area contributed by atoms with E-state index in [9.17, 15) is 4.79 Å². The van der Waals surface area contributed by atoms with Gasteiger partial charge in [0, 0.05) is 17.6 Å². The number of aryl methyl sites for hydroxylation is 1. The van der Waals surface area contributed by atoms with Crippen molar-refractivity contribution in [3.63, 3.8) is 0 Å². The Labute approximate surface area is 154 Å². The maximum Gasteiger partial charge on any atom is 0.261 e. The topological polar surface area (TPSA) is 47.6 Å². The number of carbonyl (C=O) groups is 1. The maximum absolute atomic E-state index is 12.3. The quantitative estimate of drug-likeness (QED) is 0.679. The van der Waals surface area contributed by atoms with E-state index in [0.29, 0.717) is 24.5 Å². The molecule has 0 saturated carbocycles. The number of amides is 1. The van der Waals surface area contributed by atoms with Crippen LogP contribution in [0, 0.1) is 0 Å². The molecule has 1 amide bonds. The summed E-state index contributed by atoms with van der Waals surface area (Å²) in [4.78, 5) is 12.3. The minimum atomic E-state index is -0.511. The fraction of sp³-hybridized carbons (Fsp3) is 0.350. The number of hydrogen-bond acceptors (Lipinski definition) is 3. The van der Waals surface area contributed by atoms with E-state index in [2.05, 4.69) is 5.32 Å². The second-order valence-electron chi connectivity index (χ2n) is 5.71. The van der Waals surface area contributed by atoms with Crippen LogP contribution in [0.15, 0.2) is 48.5 Å². The number of carbonyl (C=O) groups excluding carboxylic acids is 1. The summed E-state index contributed by atoms with van der Waals surface area (Å²) in [7, 11) is 1.60. The second-order valence-corrected chi connectivity index (χ2v) is 6.15. The molecule has 0 radical (unpaired) electrons. The van der Waals surface area contributed by atoms with Gasteiger partial charge >= 0.3 is 0 Å². The van der Waals surface area contributed by atoms with E-state index in [1.807, 2.05) is 49.4 Å². The van der Waals surface area contributed by atoms with Crippen molar-refractivity contribution in [2.45, 2.75) is 32.3 Å². The van der Waals surface area contributed by atoms with E-state index in [0.717, 1.165) is 17.9 Å². The molecule has 134 valence electrons. The standard InChI is InChI=1S/C20H24ClNO3/c1-3-19(25-18-8-4-7-17(14-18)24-2)20(23)22-13-5-6-15-9-11-16(21)12-10-15/h4,7-12,14,19H,3,5-6,13H2,1-2H3,(H,22,23)/t19-/m0/s1. The lowest BCUT2D eigenvalue weighted by atomic mass is 10.1. The molecule has 0 spiro atoms. The first-order valence-corrected chi connectivity index (χ1v) is 8.83. The summed E-state index contributed by atoms with van der Waals surface area (Å²) in [6.07, 6.45) is 1.84. The van der Waals surface area contributed by atoms with Gasteiger partial charge in [0.1, 0.15) is 11.5 Å². The van der Waals surface area contributed by atoms with Crippen molar-refractivity contribution in [2.75, 3.05) is 13.7 Å². The number of hydrogen-bond donors (Lipinski definition) is 1. The number of halogens is 1. The van der Waals surface area contributed by atoms with Crippen LogP contribution in [0.5, 0.6) is 11.5 Å². The van der Waals surface area contributed by atoms with Gasteiger partial charge in [-0.3, -0.25) is 4.79 Å². The fourth-order valence-corrected chi connectivity index (χ4v) is 2.56. The molecule has 2 rings (SSSR count). The molecule has 1 N–H and O–H groups in total. The highest BCUT2D eigenvalue weighted by atomic mass is 35.5. The van der Waals surface area contributed by atoms with Crippen LogP contribution in [0.2, 0.25) is 5.02 Å². The third-order valence-corrected chi connectivity index (χ3v) is 4.09. The van der Waals surface area contributed by atoms with Crippen LogP contribution in [-0.4, -0.2) is 25.7 Å². The molecule has 1 atom stereocenters. The Morgan fingerprint density at radius 3 is 2.56 bits per heavy atom. The third-order valence-electron chi connectivity index (χ3n) is 3.84. The molecule has 0 aromatic heterocycles. The van der Waals surface area contributed by atoms with Crippen LogP contribution in [-0.2, 0) is 11.2 Å². The zero-order chi connectivity index (χ0) is 18.1. The Hall–Kier alpha value is -2.20. The lowest BCUT2D eigenvalue weighted by Crippen LogP contribution is -2.38. The molecule has 2 aromatic rings. The molecular weight excluding hydrogens is 338 g/mol. The van der Waals surface area contributed by atoms with Crippen molar-refractivity contribution in [1.82, 2.24) is 5.32 Å². The Kier molecular flexibility index (Phi) is 7.61. The molecule has 0 fully saturated rings. The molecule has 0 aliphatic rings. The van der Waals surface area contributed by atoms with Crippen LogP contribution < -0.4 is 14.8 Å².